The van der Waals surface area contributed by atoms with E-state index in [0.29, 0.717) is 29.5 Å². The van der Waals surface area contributed by atoms with Crippen molar-refractivity contribution < 1.29 is 21.6 Å². The van der Waals surface area contributed by atoms with Crippen molar-refractivity contribution in [3.8, 4) is 17.5 Å². The van der Waals surface area contributed by atoms with Crippen LogP contribution >= 0.6 is 0 Å². The van der Waals surface area contributed by atoms with Gasteiger partial charge < -0.3 is 0 Å². The number of alkyl halides is 3. The number of halogens is 3. The van der Waals surface area contributed by atoms with Gasteiger partial charge in [0.1, 0.15) is 28.5 Å². The maximum atomic E-state index is 12.8. The highest BCUT2D eigenvalue weighted by molar-refractivity contribution is 7.89. The number of hydrogen-bond donors (Lipinski definition) is 1. The fraction of sp³-hybridized carbons (Fsp3) is 0.200. The summed E-state index contributed by atoms with van der Waals surface area (Å²) in [5.41, 5.74) is 2.09. The van der Waals surface area contributed by atoms with Crippen LogP contribution in [0.3, 0.4) is 0 Å². The summed E-state index contributed by atoms with van der Waals surface area (Å²) in [5, 5.41) is 10.3. The lowest BCUT2D eigenvalue weighted by molar-refractivity contribution is -0.147. The Morgan fingerprint density at radius 2 is 1.94 bits per heavy atom. The summed E-state index contributed by atoms with van der Waals surface area (Å²) < 4.78 is 66.2. The molecule has 164 valence electrons. The lowest BCUT2D eigenvalue weighted by Gasteiger charge is -2.17. The molecular formula is C20H15F3N6O2S. The third kappa shape index (κ3) is 3.65. The number of fused-ring (bicyclic) bond motifs is 1. The Morgan fingerprint density at radius 3 is 2.47 bits per heavy atom. The van der Waals surface area contributed by atoms with Gasteiger partial charge in [-0.1, -0.05) is 6.08 Å². The quantitative estimate of drug-likeness (QED) is 0.625. The largest absolute Gasteiger partial charge is 0.404 e. The van der Waals surface area contributed by atoms with Gasteiger partial charge in [0.15, 0.2) is 0 Å². The highest BCUT2D eigenvalue weighted by Crippen LogP contribution is 2.36. The van der Waals surface area contributed by atoms with Crippen molar-refractivity contribution in [2.75, 3.05) is 0 Å². The average molecular weight is 460 g/mol. The molecule has 0 bridgehead atoms. The Bertz CT molecular complexity index is 1430. The number of nitrogens with one attached hydrogen (secondary N) is 1. The van der Waals surface area contributed by atoms with Gasteiger partial charge in [0, 0.05) is 18.1 Å². The monoisotopic (exact) mass is 460 g/mol. The minimum atomic E-state index is -4.73. The molecule has 1 aliphatic carbocycles. The zero-order chi connectivity index (χ0) is 23.3. The van der Waals surface area contributed by atoms with Crippen molar-refractivity contribution >= 4 is 26.8 Å². The summed E-state index contributed by atoms with van der Waals surface area (Å²) in [5.74, 6) is 0.496. The second-order valence-electron chi connectivity index (χ2n) is 7.04. The summed E-state index contributed by atoms with van der Waals surface area (Å²) in [6.07, 6.45) is 3.17. The van der Waals surface area contributed by atoms with Gasteiger partial charge in [-0.25, -0.2) is 18.4 Å². The Balaban J connectivity index is 1.82. The second-order valence-corrected chi connectivity index (χ2v) is 8.75. The molecule has 8 nitrogen and oxygen atoms in total. The van der Waals surface area contributed by atoms with Gasteiger partial charge in [-0.05, 0) is 38.1 Å². The summed E-state index contributed by atoms with van der Waals surface area (Å²) >= 11 is 0. The van der Waals surface area contributed by atoms with E-state index in [-0.39, 0.29) is 11.3 Å². The highest BCUT2D eigenvalue weighted by atomic mass is 32.2. The molecule has 1 aliphatic rings. The van der Waals surface area contributed by atoms with E-state index in [9.17, 15) is 26.9 Å². The summed E-state index contributed by atoms with van der Waals surface area (Å²) in [7, 11) is -4.46. The number of hydrogen-bond acceptors (Lipinski definition) is 6. The van der Waals surface area contributed by atoms with E-state index >= 15 is 0 Å². The number of nitrogens with zero attached hydrogens (tertiary/aromatic N) is 5. The van der Waals surface area contributed by atoms with Crippen LogP contribution < -0.4 is 4.72 Å². The molecule has 4 rings (SSSR count). The van der Waals surface area contributed by atoms with Crippen LogP contribution in [0.15, 0.2) is 47.6 Å². The molecule has 0 aliphatic heterocycles. The maximum absolute atomic E-state index is 12.8. The normalized spacial score (nSPS) is 14.7. The van der Waals surface area contributed by atoms with Crippen molar-refractivity contribution in [3.05, 3.63) is 54.1 Å². The molecule has 12 heteroatoms. The lowest BCUT2D eigenvalue weighted by atomic mass is 10.1. The molecule has 0 fully saturated rings. The Hall–Kier alpha value is -3.56. The van der Waals surface area contributed by atoms with Crippen molar-refractivity contribution in [2.24, 2.45) is 0 Å². The first-order chi connectivity index (χ1) is 15.0. The standard InChI is InChI=1S/C20H15F3N6O2S/c1-11(20(21,22)23)28-32(30,31)14-6-7-17(26-9-14)18-15(8-24)16-10-25-12(2)27-19(16)29(18)13-4-3-5-13/h3-7,9-11,28H,1-2H3/t11-/m1/s1. The smallest absolute Gasteiger partial charge is 0.291 e. The van der Waals surface area contributed by atoms with Crippen LogP contribution in [0.25, 0.3) is 28.1 Å². The van der Waals surface area contributed by atoms with Crippen molar-refractivity contribution in [3.63, 3.8) is 0 Å². The molecular weight excluding hydrogens is 445 g/mol. The fourth-order valence-electron chi connectivity index (χ4n) is 3.14. The number of nitriles is 1. The fourth-order valence-corrected chi connectivity index (χ4v) is 4.31. The number of aryl methyl sites for hydroxylation is 1. The third-order valence-electron chi connectivity index (χ3n) is 4.85. The topological polar surface area (TPSA) is 114 Å². The minimum absolute atomic E-state index is 0.244. The van der Waals surface area contributed by atoms with Crippen LogP contribution in [0.5, 0.6) is 0 Å². The van der Waals surface area contributed by atoms with Gasteiger partial charge in [-0.2, -0.15) is 23.2 Å². The van der Waals surface area contributed by atoms with E-state index in [1.165, 1.54) is 12.3 Å². The molecule has 3 aromatic rings. The summed E-state index contributed by atoms with van der Waals surface area (Å²) in [6.45, 7) is 2.42. The predicted octanol–water partition coefficient (Wildman–Crippen LogP) is 3.31. The van der Waals surface area contributed by atoms with E-state index in [1.807, 2.05) is 18.2 Å². The van der Waals surface area contributed by atoms with E-state index < -0.39 is 27.1 Å². The van der Waals surface area contributed by atoms with E-state index in [4.69, 9.17) is 0 Å². The van der Waals surface area contributed by atoms with Crippen LogP contribution in [-0.4, -0.2) is 40.2 Å². The summed E-state index contributed by atoms with van der Waals surface area (Å²) in [6, 6.07) is 2.33. The zero-order valence-electron chi connectivity index (χ0n) is 16.7. The molecule has 1 N–H and O–H groups in total. The van der Waals surface area contributed by atoms with Crippen LogP contribution in [0, 0.1) is 18.3 Å². The Kier molecular flexibility index (Phi) is 5.10. The SMILES string of the molecule is Cc1ncc2c(C#N)c(-c3ccc(S(=O)(=O)N[C@H](C)C(F)(F)F)cn3)n(C3=CC=C3)c2n1. The van der Waals surface area contributed by atoms with Gasteiger partial charge in [0.2, 0.25) is 10.0 Å². The van der Waals surface area contributed by atoms with Crippen LogP contribution in [-0.2, 0) is 10.0 Å². The van der Waals surface area contributed by atoms with Crippen LogP contribution in [0.1, 0.15) is 18.3 Å². The molecule has 0 saturated carbocycles. The minimum Gasteiger partial charge on any atom is -0.291 e. The van der Waals surface area contributed by atoms with Crippen molar-refractivity contribution in [1.82, 2.24) is 24.2 Å². The lowest BCUT2D eigenvalue weighted by Crippen LogP contribution is -2.42. The molecule has 0 saturated heterocycles. The molecule has 0 spiro atoms. The molecule has 3 aromatic heterocycles. The third-order valence-corrected chi connectivity index (χ3v) is 6.37. The van der Waals surface area contributed by atoms with E-state index in [1.54, 1.807) is 16.2 Å². The number of sulfonamides is 1. The van der Waals surface area contributed by atoms with Gasteiger partial charge >= 0.3 is 6.18 Å². The Labute approximate surface area is 180 Å². The molecule has 3 heterocycles. The molecule has 1 atom stereocenters. The maximum Gasteiger partial charge on any atom is 0.404 e. The first kappa shape index (κ1) is 21.7. The first-order valence-corrected chi connectivity index (χ1v) is 10.7. The van der Waals surface area contributed by atoms with Crippen LogP contribution in [0.2, 0.25) is 0 Å². The second kappa shape index (κ2) is 7.54. The van der Waals surface area contributed by atoms with Gasteiger partial charge in [-0.3, -0.25) is 9.55 Å². The van der Waals surface area contributed by atoms with E-state index in [0.717, 1.165) is 18.0 Å². The first-order valence-electron chi connectivity index (χ1n) is 9.25. The van der Waals surface area contributed by atoms with Crippen molar-refractivity contribution in [1.29, 1.82) is 5.26 Å². The van der Waals surface area contributed by atoms with Gasteiger partial charge in [0.25, 0.3) is 0 Å². The number of allylic oxidation sites excluding steroid dienone is 4. The number of aromatic nitrogens is 4. The van der Waals surface area contributed by atoms with Gasteiger partial charge in [-0.15, -0.1) is 0 Å². The molecule has 0 amide bonds. The van der Waals surface area contributed by atoms with E-state index in [2.05, 4.69) is 21.0 Å². The predicted molar refractivity (Wildman–Crippen MR) is 109 cm³/mol. The molecule has 0 unspecified atom stereocenters. The number of pyridine rings is 1. The molecule has 0 aromatic carbocycles. The number of rotatable bonds is 5. The Morgan fingerprint density at radius 1 is 1.22 bits per heavy atom. The molecule has 0 radical (unpaired) electrons. The van der Waals surface area contributed by atoms with Crippen molar-refractivity contribution in [2.45, 2.75) is 31.0 Å². The zero-order valence-corrected chi connectivity index (χ0v) is 17.5. The highest BCUT2D eigenvalue weighted by Gasteiger charge is 2.39. The average Bonchev–Trinajstić information content (AvgIpc) is 2.99. The van der Waals surface area contributed by atoms with Crippen LogP contribution in [0.4, 0.5) is 13.2 Å². The summed E-state index contributed by atoms with van der Waals surface area (Å²) in [4.78, 5) is 12.3. The van der Waals surface area contributed by atoms with Gasteiger partial charge in [0.05, 0.1) is 22.3 Å². The molecule has 32 heavy (non-hydrogen) atoms.